The molecule has 1 aromatic heterocycles. The molecule has 9 heteroatoms. The summed E-state index contributed by atoms with van der Waals surface area (Å²) in [6, 6.07) is 5.62. The molecule has 0 saturated carbocycles. The van der Waals surface area contributed by atoms with E-state index < -0.39 is 0 Å². The molecule has 0 spiro atoms. The molecule has 0 atom stereocenters. The van der Waals surface area contributed by atoms with Crippen LogP contribution in [0.2, 0.25) is 5.02 Å². The number of piperazine rings is 1. The second-order valence-electron chi connectivity index (χ2n) is 7.82. The minimum Gasteiger partial charge on any atom is -0.495 e. The van der Waals surface area contributed by atoms with Crippen molar-refractivity contribution in [2.45, 2.75) is 20.3 Å². The predicted octanol–water partition coefficient (Wildman–Crippen LogP) is 3.25. The van der Waals surface area contributed by atoms with Gasteiger partial charge in [-0.05, 0) is 30.5 Å². The van der Waals surface area contributed by atoms with E-state index in [2.05, 4.69) is 38.9 Å². The molecule has 0 unspecified atom stereocenters. The summed E-state index contributed by atoms with van der Waals surface area (Å²) < 4.78 is 10.9. The lowest BCUT2D eigenvalue weighted by atomic mass is 10.1. The summed E-state index contributed by atoms with van der Waals surface area (Å²) in [4.78, 5) is 25.7. The van der Waals surface area contributed by atoms with E-state index in [1.807, 2.05) is 18.2 Å². The Morgan fingerprint density at radius 3 is 2.52 bits per heavy atom. The van der Waals surface area contributed by atoms with Gasteiger partial charge >= 0.3 is 0 Å². The first-order chi connectivity index (χ1) is 14.9. The number of methoxy groups -OCH3 is 2. The number of benzene rings is 1. The van der Waals surface area contributed by atoms with Crippen molar-refractivity contribution in [3.8, 4) is 11.6 Å². The van der Waals surface area contributed by atoms with Crippen LogP contribution in [0.4, 0.5) is 11.6 Å². The molecule has 3 rings (SSSR count). The minimum absolute atomic E-state index is 0.220. The normalized spacial score (nSPS) is 14.0. The molecule has 1 saturated heterocycles. The number of hydrogen-bond acceptors (Lipinski definition) is 7. The first kappa shape index (κ1) is 22.9. The summed E-state index contributed by atoms with van der Waals surface area (Å²) in [5.41, 5.74) is 1.32. The number of carbonyl (C=O) groups is 1. The van der Waals surface area contributed by atoms with Crippen LogP contribution < -0.4 is 24.6 Å². The van der Waals surface area contributed by atoms with Crippen molar-refractivity contribution in [3.05, 3.63) is 35.0 Å². The molecule has 2 heterocycles. The van der Waals surface area contributed by atoms with E-state index in [9.17, 15) is 4.79 Å². The van der Waals surface area contributed by atoms with Crippen LogP contribution in [0.1, 0.15) is 30.6 Å². The zero-order valence-corrected chi connectivity index (χ0v) is 19.3. The smallest absolute Gasteiger partial charge is 0.258 e. The summed E-state index contributed by atoms with van der Waals surface area (Å²) in [6.07, 6.45) is 2.45. The number of nitrogens with one attached hydrogen (secondary N) is 1. The third kappa shape index (κ3) is 5.70. The number of rotatable bonds is 8. The molecular weight excluding hydrogens is 418 g/mol. The van der Waals surface area contributed by atoms with Crippen LogP contribution in [0.15, 0.2) is 24.4 Å². The number of hydrogen-bond donors (Lipinski definition) is 1. The van der Waals surface area contributed by atoms with Crippen LogP contribution in [0.25, 0.3) is 0 Å². The van der Waals surface area contributed by atoms with Crippen molar-refractivity contribution in [2.75, 3.05) is 56.7 Å². The molecule has 8 nitrogen and oxygen atoms in total. The molecule has 2 aromatic rings. The van der Waals surface area contributed by atoms with E-state index in [0.717, 1.165) is 44.0 Å². The van der Waals surface area contributed by atoms with E-state index in [-0.39, 0.29) is 11.8 Å². The van der Waals surface area contributed by atoms with E-state index in [1.165, 1.54) is 13.3 Å². The van der Waals surface area contributed by atoms with Crippen LogP contribution in [-0.2, 0) is 0 Å². The first-order valence-corrected chi connectivity index (χ1v) is 10.8. The molecule has 31 heavy (non-hydrogen) atoms. The summed E-state index contributed by atoms with van der Waals surface area (Å²) in [5.74, 6) is 1.93. The van der Waals surface area contributed by atoms with Gasteiger partial charge in [-0.2, -0.15) is 4.98 Å². The van der Waals surface area contributed by atoms with Crippen molar-refractivity contribution in [1.29, 1.82) is 0 Å². The lowest BCUT2D eigenvalue weighted by molar-refractivity contribution is 0.0948. The van der Waals surface area contributed by atoms with Crippen LogP contribution >= 0.6 is 11.6 Å². The van der Waals surface area contributed by atoms with Crippen molar-refractivity contribution >= 4 is 29.1 Å². The highest BCUT2D eigenvalue weighted by atomic mass is 35.5. The topological polar surface area (TPSA) is 79.8 Å². The Bertz CT molecular complexity index is 901. The predicted molar refractivity (Wildman–Crippen MR) is 123 cm³/mol. The van der Waals surface area contributed by atoms with Crippen LogP contribution in [-0.4, -0.2) is 62.8 Å². The van der Waals surface area contributed by atoms with Gasteiger partial charge in [-0.3, -0.25) is 4.79 Å². The molecule has 168 valence electrons. The highest BCUT2D eigenvalue weighted by molar-refractivity contribution is 6.30. The highest BCUT2D eigenvalue weighted by Gasteiger charge is 2.23. The van der Waals surface area contributed by atoms with Crippen molar-refractivity contribution in [1.82, 2.24) is 15.3 Å². The summed E-state index contributed by atoms with van der Waals surface area (Å²) in [7, 11) is 3.17. The zero-order chi connectivity index (χ0) is 22.4. The van der Waals surface area contributed by atoms with E-state index in [1.54, 1.807) is 7.11 Å². The summed E-state index contributed by atoms with van der Waals surface area (Å²) >= 11 is 6.18. The van der Waals surface area contributed by atoms with E-state index >= 15 is 0 Å². The Labute approximate surface area is 188 Å². The van der Waals surface area contributed by atoms with Crippen molar-refractivity contribution in [3.63, 3.8) is 0 Å². The Balaban J connectivity index is 1.67. The van der Waals surface area contributed by atoms with Gasteiger partial charge in [0.1, 0.15) is 11.3 Å². The van der Waals surface area contributed by atoms with Gasteiger partial charge in [0.25, 0.3) is 5.91 Å². The molecule has 0 bridgehead atoms. The molecule has 1 aromatic carbocycles. The van der Waals surface area contributed by atoms with Crippen LogP contribution in [0, 0.1) is 5.92 Å². The fourth-order valence-electron chi connectivity index (χ4n) is 3.45. The summed E-state index contributed by atoms with van der Waals surface area (Å²) in [5, 5.41) is 3.58. The molecule has 0 aliphatic carbocycles. The van der Waals surface area contributed by atoms with Gasteiger partial charge in [0.2, 0.25) is 11.8 Å². The molecule has 1 aliphatic heterocycles. The largest absolute Gasteiger partial charge is 0.495 e. The average Bonchev–Trinajstić information content (AvgIpc) is 2.78. The number of anilines is 2. The summed E-state index contributed by atoms with van der Waals surface area (Å²) in [6.45, 7) is 7.81. The standard InChI is InChI=1S/C22H30ClN5O3/c1-15(2)7-8-24-20(29)17-14-25-22(26-21(17)31-4)28-11-9-27(10-12-28)18-13-16(23)5-6-19(18)30-3/h5-6,13-15H,7-12H2,1-4H3,(H,24,29). The van der Waals surface area contributed by atoms with Crippen LogP contribution in [0.3, 0.4) is 0 Å². The maximum absolute atomic E-state index is 12.5. The number of carbonyl (C=O) groups excluding carboxylic acids is 1. The van der Waals surface area contributed by atoms with Gasteiger partial charge < -0.3 is 24.6 Å². The Hall–Kier alpha value is -2.74. The Morgan fingerprint density at radius 2 is 1.87 bits per heavy atom. The molecule has 1 aliphatic rings. The van der Waals surface area contributed by atoms with E-state index in [0.29, 0.717) is 29.0 Å². The second kappa shape index (κ2) is 10.5. The number of amides is 1. The Kier molecular flexibility index (Phi) is 7.79. The van der Waals surface area contributed by atoms with Gasteiger partial charge in [0.05, 0.1) is 19.9 Å². The SMILES string of the molecule is COc1ccc(Cl)cc1N1CCN(c2ncc(C(=O)NCCC(C)C)c(OC)n2)CC1. The lowest BCUT2D eigenvalue weighted by Crippen LogP contribution is -2.47. The monoisotopic (exact) mass is 447 g/mol. The molecule has 0 radical (unpaired) electrons. The van der Waals surface area contributed by atoms with Gasteiger partial charge in [-0.15, -0.1) is 0 Å². The zero-order valence-electron chi connectivity index (χ0n) is 18.5. The lowest BCUT2D eigenvalue weighted by Gasteiger charge is -2.36. The number of ether oxygens (including phenoxy) is 2. The van der Waals surface area contributed by atoms with Gasteiger partial charge in [-0.25, -0.2) is 4.98 Å². The Morgan fingerprint density at radius 1 is 1.16 bits per heavy atom. The van der Waals surface area contributed by atoms with Gasteiger partial charge in [0, 0.05) is 43.9 Å². The fraction of sp³-hybridized carbons (Fsp3) is 0.500. The van der Waals surface area contributed by atoms with Gasteiger partial charge in [-0.1, -0.05) is 25.4 Å². The quantitative estimate of drug-likeness (QED) is 0.665. The molecular formula is C22H30ClN5O3. The van der Waals surface area contributed by atoms with Crippen LogP contribution in [0.5, 0.6) is 11.6 Å². The molecule has 1 N–H and O–H groups in total. The van der Waals surface area contributed by atoms with Crippen molar-refractivity contribution in [2.24, 2.45) is 5.92 Å². The third-order valence-corrected chi connectivity index (χ3v) is 5.47. The maximum atomic E-state index is 12.5. The average molecular weight is 448 g/mol. The first-order valence-electron chi connectivity index (χ1n) is 10.5. The molecule has 1 fully saturated rings. The third-order valence-electron chi connectivity index (χ3n) is 5.23. The van der Waals surface area contributed by atoms with Gasteiger partial charge in [0.15, 0.2) is 0 Å². The number of aromatic nitrogens is 2. The number of nitrogens with zero attached hydrogens (tertiary/aromatic N) is 4. The minimum atomic E-state index is -0.220. The maximum Gasteiger partial charge on any atom is 0.258 e. The highest BCUT2D eigenvalue weighted by Crippen LogP contribution is 2.32. The second-order valence-corrected chi connectivity index (χ2v) is 8.26. The van der Waals surface area contributed by atoms with E-state index in [4.69, 9.17) is 21.1 Å². The fourth-order valence-corrected chi connectivity index (χ4v) is 3.61. The molecule has 1 amide bonds. The van der Waals surface area contributed by atoms with Crippen molar-refractivity contribution < 1.29 is 14.3 Å². The number of halogens is 1.